The van der Waals surface area contributed by atoms with Crippen LogP contribution in [0.15, 0.2) is 48.5 Å². The van der Waals surface area contributed by atoms with Crippen molar-refractivity contribution in [2.45, 2.75) is 26.4 Å². The predicted octanol–water partition coefficient (Wildman–Crippen LogP) is 4.50. The second-order valence-corrected chi connectivity index (χ2v) is 5.08. The summed E-state index contributed by atoms with van der Waals surface area (Å²) in [5, 5.41) is 4.29. The zero-order valence-electron chi connectivity index (χ0n) is 10.8. The van der Waals surface area contributed by atoms with Crippen molar-refractivity contribution in [1.82, 2.24) is 5.32 Å². The first kappa shape index (κ1) is 13.1. The maximum atomic E-state index is 6.00. The van der Waals surface area contributed by atoms with Gasteiger partial charge in [-0.05, 0) is 37.1 Å². The summed E-state index contributed by atoms with van der Waals surface area (Å²) in [5.74, 6) is 0. The molecule has 0 heterocycles. The average molecular weight is 260 g/mol. The van der Waals surface area contributed by atoms with E-state index in [1.165, 1.54) is 16.7 Å². The third-order valence-corrected chi connectivity index (χ3v) is 3.32. The monoisotopic (exact) mass is 259 g/mol. The SMILES string of the molecule is Cc1ccc(CN[C@H](C)c2cccc(Cl)c2)cc1. The van der Waals surface area contributed by atoms with Gasteiger partial charge in [0.15, 0.2) is 0 Å². The molecule has 1 N–H and O–H groups in total. The highest BCUT2D eigenvalue weighted by Crippen LogP contribution is 2.17. The van der Waals surface area contributed by atoms with Crippen molar-refractivity contribution in [2.24, 2.45) is 0 Å². The van der Waals surface area contributed by atoms with E-state index < -0.39 is 0 Å². The first-order valence-corrected chi connectivity index (χ1v) is 6.57. The molecule has 1 nitrogen and oxygen atoms in total. The number of rotatable bonds is 4. The molecule has 2 aromatic rings. The molecular formula is C16H18ClN. The van der Waals surface area contributed by atoms with Gasteiger partial charge in [-0.15, -0.1) is 0 Å². The molecule has 0 unspecified atom stereocenters. The Morgan fingerprint density at radius 1 is 1.11 bits per heavy atom. The number of halogens is 1. The van der Waals surface area contributed by atoms with Crippen LogP contribution >= 0.6 is 11.6 Å². The van der Waals surface area contributed by atoms with Gasteiger partial charge in [-0.2, -0.15) is 0 Å². The first-order chi connectivity index (χ1) is 8.65. The fourth-order valence-corrected chi connectivity index (χ4v) is 2.07. The number of benzene rings is 2. The molecule has 0 aliphatic rings. The van der Waals surface area contributed by atoms with Crippen molar-refractivity contribution in [2.75, 3.05) is 0 Å². The summed E-state index contributed by atoms with van der Waals surface area (Å²) in [7, 11) is 0. The summed E-state index contributed by atoms with van der Waals surface area (Å²) in [6.07, 6.45) is 0. The summed E-state index contributed by atoms with van der Waals surface area (Å²) in [6.45, 7) is 5.12. The molecule has 1 atom stereocenters. The lowest BCUT2D eigenvalue weighted by atomic mass is 10.1. The molecule has 0 radical (unpaired) electrons. The van der Waals surface area contributed by atoms with E-state index in [9.17, 15) is 0 Å². The molecule has 0 saturated heterocycles. The van der Waals surface area contributed by atoms with Crippen molar-refractivity contribution < 1.29 is 0 Å². The lowest BCUT2D eigenvalue weighted by Gasteiger charge is -2.14. The van der Waals surface area contributed by atoms with Gasteiger partial charge in [0.1, 0.15) is 0 Å². The highest BCUT2D eigenvalue weighted by atomic mass is 35.5. The molecule has 2 rings (SSSR count). The molecule has 0 bridgehead atoms. The van der Waals surface area contributed by atoms with Crippen molar-refractivity contribution in [3.8, 4) is 0 Å². The molecule has 0 amide bonds. The van der Waals surface area contributed by atoms with Gasteiger partial charge >= 0.3 is 0 Å². The molecule has 0 saturated carbocycles. The van der Waals surface area contributed by atoms with Crippen molar-refractivity contribution in [3.63, 3.8) is 0 Å². The van der Waals surface area contributed by atoms with Gasteiger partial charge in [0.2, 0.25) is 0 Å². The van der Waals surface area contributed by atoms with Crippen molar-refractivity contribution in [1.29, 1.82) is 0 Å². The van der Waals surface area contributed by atoms with Crippen LogP contribution in [0.5, 0.6) is 0 Å². The Balaban J connectivity index is 1.96. The van der Waals surface area contributed by atoms with E-state index in [0.717, 1.165) is 11.6 Å². The molecule has 18 heavy (non-hydrogen) atoms. The molecule has 0 aliphatic heterocycles. The average Bonchev–Trinajstić information content (AvgIpc) is 2.38. The van der Waals surface area contributed by atoms with Crippen LogP contribution in [0.25, 0.3) is 0 Å². The maximum absolute atomic E-state index is 6.00. The van der Waals surface area contributed by atoms with Crippen LogP contribution in [-0.2, 0) is 6.54 Å². The van der Waals surface area contributed by atoms with Crippen LogP contribution in [0.3, 0.4) is 0 Å². The Hall–Kier alpha value is -1.31. The Kier molecular flexibility index (Phi) is 4.40. The Morgan fingerprint density at radius 3 is 2.50 bits per heavy atom. The largest absolute Gasteiger partial charge is 0.306 e. The molecule has 0 spiro atoms. The first-order valence-electron chi connectivity index (χ1n) is 6.19. The quantitative estimate of drug-likeness (QED) is 0.853. The van der Waals surface area contributed by atoms with Gasteiger partial charge in [0.05, 0.1) is 0 Å². The standard InChI is InChI=1S/C16H18ClN/c1-12-6-8-14(9-7-12)11-18-13(2)15-4-3-5-16(17)10-15/h3-10,13,18H,11H2,1-2H3/t13-/m1/s1. The topological polar surface area (TPSA) is 12.0 Å². The fourth-order valence-electron chi connectivity index (χ4n) is 1.87. The third kappa shape index (κ3) is 3.59. The van der Waals surface area contributed by atoms with E-state index in [2.05, 4.69) is 49.5 Å². The fraction of sp³-hybridized carbons (Fsp3) is 0.250. The van der Waals surface area contributed by atoms with E-state index >= 15 is 0 Å². The Labute approximate surface area is 114 Å². The highest BCUT2D eigenvalue weighted by molar-refractivity contribution is 6.30. The summed E-state index contributed by atoms with van der Waals surface area (Å²) < 4.78 is 0. The van der Waals surface area contributed by atoms with Gasteiger partial charge in [-0.1, -0.05) is 53.6 Å². The zero-order chi connectivity index (χ0) is 13.0. The van der Waals surface area contributed by atoms with Crippen LogP contribution < -0.4 is 5.32 Å². The summed E-state index contributed by atoms with van der Waals surface area (Å²) in [5.41, 5.74) is 3.81. The van der Waals surface area contributed by atoms with Gasteiger partial charge in [-0.25, -0.2) is 0 Å². The van der Waals surface area contributed by atoms with Gasteiger partial charge in [0, 0.05) is 17.6 Å². The molecule has 0 aromatic heterocycles. The zero-order valence-corrected chi connectivity index (χ0v) is 11.5. The summed E-state index contributed by atoms with van der Waals surface area (Å²) in [4.78, 5) is 0. The molecule has 2 heteroatoms. The van der Waals surface area contributed by atoms with Gasteiger partial charge in [-0.3, -0.25) is 0 Å². The third-order valence-electron chi connectivity index (χ3n) is 3.08. The summed E-state index contributed by atoms with van der Waals surface area (Å²) in [6, 6.07) is 16.9. The van der Waals surface area contributed by atoms with Crippen LogP contribution in [0, 0.1) is 6.92 Å². The maximum Gasteiger partial charge on any atom is 0.0409 e. The number of hydrogen-bond donors (Lipinski definition) is 1. The minimum absolute atomic E-state index is 0.296. The molecule has 2 aromatic carbocycles. The van der Waals surface area contributed by atoms with Crippen molar-refractivity contribution >= 4 is 11.6 Å². The minimum atomic E-state index is 0.296. The number of hydrogen-bond acceptors (Lipinski definition) is 1. The lowest BCUT2D eigenvalue weighted by molar-refractivity contribution is 0.575. The van der Waals surface area contributed by atoms with Crippen LogP contribution in [-0.4, -0.2) is 0 Å². The molecular weight excluding hydrogens is 242 g/mol. The van der Waals surface area contributed by atoms with E-state index in [1.54, 1.807) is 0 Å². The highest BCUT2D eigenvalue weighted by Gasteiger charge is 2.04. The van der Waals surface area contributed by atoms with Crippen molar-refractivity contribution in [3.05, 3.63) is 70.2 Å². The summed E-state index contributed by atoms with van der Waals surface area (Å²) >= 11 is 6.00. The smallest absolute Gasteiger partial charge is 0.0409 e. The van der Waals surface area contributed by atoms with Gasteiger partial charge in [0.25, 0.3) is 0 Å². The lowest BCUT2D eigenvalue weighted by Crippen LogP contribution is -2.17. The number of nitrogens with one attached hydrogen (secondary N) is 1. The van der Waals surface area contributed by atoms with E-state index in [-0.39, 0.29) is 0 Å². The predicted molar refractivity (Wildman–Crippen MR) is 77.9 cm³/mol. The van der Waals surface area contributed by atoms with Gasteiger partial charge < -0.3 is 5.32 Å². The van der Waals surface area contributed by atoms with E-state index in [0.29, 0.717) is 6.04 Å². The number of aryl methyl sites for hydroxylation is 1. The minimum Gasteiger partial charge on any atom is -0.306 e. The van der Waals surface area contributed by atoms with Crippen LogP contribution in [0.1, 0.15) is 29.7 Å². The normalized spacial score (nSPS) is 12.4. The second-order valence-electron chi connectivity index (χ2n) is 4.64. The molecule has 94 valence electrons. The van der Waals surface area contributed by atoms with E-state index in [4.69, 9.17) is 11.6 Å². The molecule has 0 aliphatic carbocycles. The Morgan fingerprint density at radius 2 is 1.83 bits per heavy atom. The van der Waals surface area contributed by atoms with Crippen LogP contribution in [0.2, 0.25) is 5.02 Å². The molecule has 0 fully saturated rings. The van der Waals surface area contributed by atoms with Crippen LogP contribution in [0.4, 0.5) is 0 Å². The second kappa shape index (κ2) is 6.03. The van der Waals surface area contributed by atoms with E-state index in [1.807, 2.05) is 18.2 Å². The Bertz CT molecular complexity index is 505.